The molecule has 0 bridgehead atoms. The van der Waals surface area contributed by atoms with E-state index in [-0.39, 0.29) is 0 Å². The van der Waals surface area contributed by atoms with E-state index in [9.17, 15) is 0 Å². The zero-order valence-electron chi connectivity index (χ0n) is 13.7. The van der Waals surface area contributed by atoms with E-state index in [0.29, 0.717) is 5.96 Å². The lowest BCUT2D eigenvalue weighted by Crippen LogP contribution is -2.33. The topological polar surface area (TPSA) is 53.6 Å². The summed E-state index contributed by atoms with van der Waals surface area (Å²) in [6.45, 7) is 2.65. The predicted molar refractivity (Wildman–Crippen MR) is 101 cm³/mol. The van der Waals surface area contributed by atoms with Gasteiger partial charge in [-0.25, -0.2) is 0 Å². The number of para-hydroxylation sites is 1. The summed E-state index contributed by atoms with van der Waals surface area (Å²) < 4.78 is 0. The van der Waals surface area contributed by atoms with Gasteiger partial charge >= 0.3 is 0 Å². The van der Waals surface area contributed by atoms with Crippen molar-refractivity contribution in [2.45, 2.75) is 19.3 Å². The van der Waals surface area contributed by atoms with Crippen LogP contribution in [-0.2, 0) is 6.42 Å². The Morgan fingerprint density at radius 3 is 2.74 bits per heavy atom. The lowest BCUT2D eigenvalue weighted by atomic mass is 10.2. The van der Waals surface area contributed by atoms with Crippen LogP contribution in [0.1, 0.15) is 17.7 Å². The SMILES string of the molecule is CN(CCCCN=C(N)NCCc1cccs1)c1ccccc1. The van der Waals surface area contributed by atoms with E-state index in [1.54, 1.807) is 11.3 Å². The number of unbranched alkanes of at least 4 members (excludes halogenated alkanes) is 1. The van der Waals surface area contributed by atoms with Crippen molar-refractivity contribution in [2.75, 3.05) is 31.6 Å². The predicted octanol–water partition coefficient (Wildman–Crippen LogP) is 3.11. The quantitative estimate of drug-likeness (QED) is 0.422. The van der Waals surface area contributed by atoms with Crippen LogP contribution in [0.4, 0.5) is 5.69 Å². The zero-order valence-corrected chi connectivity index (χ0v) is 14.6. The zero-order chi connectivity index (χ0) is 16.3. The molecule has 3 N–H and O–H groups in total. The van der Waals surface area contributed by atoms with Gasteiger partial charge in [-0.05, 0) is 42.8 Å². The largest absolute Gasteiger partial charge is 0.375 e. The normalized spacial score (nSPS) is 11.4. The Labute approximate surface area is 143 Å². The van der Waals surface area contributed by atoms with Gasteiger partial charge in [-0.2, -0.15) is 0 Å². The Kier molecular flexibility index (Phi) is 7.46. The molecule has 23 heavy (non-hydrogen) atoms. The fourth-order valence-electron chi connectivity index (χ4n) is 2.30. The van der Waals surface area contributed by atoms with Gasteiger partial charge in [0.1, 0.15) is 0 Å². The van der Waals surface area contributed by atoms with Crippen LogP contribution in [0.25, 0.3) is 0 Å². The molecule has 0 fully saturated rings. The van der Waals surface area contributed by atoms with E-state index in [2.05, 4.69) is 64.0 Å². The van der Waals surface area contributed by atoms with E-state index in [4.69, 9.17) is 5.73 Å². The highest BCUT2D eigenvalue weighted by Crippen LogP contribution is 2.11. The molecule has 0 radical (unpaired) electrons. The lowest BCUT2D eigenvalue weighted by molar-refractivity contribution is 0.724. The summed E-state index contributed by atoms with van der Waals surface area (Å²) in [7, 11) is 2.12. The molecule has 1 aromatic carbocycles. The van der Waals surface area contributed by atoms with Gasteiger partial charge in [0.15, 0.2) is 5.96 Å². The van der Waals surface area contributed by atoms with Crippen LogP contribution in [0.5, 0.6) is 0 Å². The smallest absolute Gasteiger partial charge is 0.188 e. The van der Waals surface area contributed by atoms with E-state index in [1.807, 2.05) is 6.07 Å². The maximum Gasteiger partial charge on any atom is 0.188 e. The summed E-state index contributed by atoms with van der Waals surface area (Å²) >= 11 is 1.77. The molecule has 124 valence electrons. The number of aliphatic imine (C=N–C) groups is 1. The number of benzene rings is 1. The van der Waals surface area contributed by atoms with Gasteiger partial charge in [-0.1, -0.05) is 24.3 Å². The monoisotopic (exact) mass is 330 g/mol. The van der Waals surface area contributed by atoms with Crippen LogP contribution < -0.4 is 16.0 Å². The van der Waals surface area contributed by atoms with Gasteiger partial charge in [-0.3, -0.25) is 4.99 Å². The van der Waals surface area contributed by atoms with Gasteiger partial charge in [0, 0.05) is 37.2 Å². The van der Waals surface area contributed by atoms with Crippen LogP contribution in [0.3, 0.4) is 0 Å². The molecule has 0 aliphatic carbocycles. The minimum atomic E-state index is 0.554. The minimum Gasteiger partial charge on any atom is -0.375 e. The van der Waals surface area contributed by atoms with Crippen LogP contribution >= 0.6 is 11.3 Å². The van der Waals surface area contributed by atoms with E-state index in [1.165, 1.54) is 10.6 Å². The van der Waals surface area contributed by atoms with Gasteiger partial charge in [0.25, 0.3) is 0 Å². The Balaban J connectivity index is 1.55. The molecule has 4 nitrogen and oxygen atoms in total. The van der Waals surface area contributed by atoms with Crippen LogP contribution in [0.2, 0.25) is 0 Å². The molecule has 0 amide bonds. The van der Waals surface area contributed by atoms with Crippen molar-refractivity contribution >= 4 is 23.0 Å². The van der Waals surface area contributed by atoms with Crippen molar-refractivity contribution < 1.29 is 0 Å². The van der Waals surface area contributed by atoms with E-state index in [0.717, 1.165) is 38.9 Å². The Hall–Kier alpha value is -2.01. The molecule has 2 rings (SSSR count). The second-order valence-corrected chi connectivity index (χ2v) is 6.52. The fourth-order valence-corrected chi connectivity index (χ4v) is 3.01. The molecule has 5 heteroatoms. The van der Waals surface area contributed by atoms with Crippen LogP contribution in [0.15, 0.2) is 52.8 Å². The standard InChI is InChI=1S/C18H26N4S/c1-22(16-8-3-2-4-9-16)14-6-5-12-20-18(19)21-13-11-17-10-7-15-23-17/h2-4,7-10,15H,5-6,11-14H2,1H3,(H3,19,20,21). The number of thiophene rings is 1. The van der Waals surface area contributed by atoms with Gasteiger partial charge in [0.2, 0.25) is 0 Å². The summed E-state index contributed by atoms with van der Waals surface area (Å²) in [6.07, 6.45) is 3.15. The van der Waals surface area contributed by atoms with Gasteiger partial charge in [0.05, 0.1) is 0 Å². The third-order valence-electron chi connectivity index (χ3n) is 3.64. The summed E-state index contributed by atoms with van der Waals surface area (Å²) in [5.74, 6) is 0.554. The second-order valence-electron chi connectivity index (χ2n) is 5.49. The maximum absolute atomic E-state index is 5.88. The van der Waals surface area contributed by atoms with Crippen molar-refractivity contribution in [3.63, 3.8) is 0 Å². The first-order valence-electron chi connectivity index (χ1n) is 8.08. The Morgan fingerprint density at radius 2 is 2.00 bits per heavy atom. The van der Waals surface area contributed by atoms with E-state index < -0.39 is 0 Å². The molecule has 1 aromatic heterocycles. The minimum absolute atomic E-state index is 0.554. The first-order valence-corrected chi connectivity index (χ1v) is 8.96. The molecule has 0 spiro atoms. The molecule has 1 heterocycles. The molecular weight excluding hydrogens is 304 g/mol. The van der Waals surface area contributed by atoms with Crippen molar-refractivity contribution in [3.8, 4) is 0 Å². The number of nitrogens with one attached hydrogen (secondary N) is 1. The van der Waals surface area contributed by atoms with Crippen LogP contribution in [-0.4, -0.2) is 32.6 Å². The second kappa shape index (κ2) is 9.90. The van der Waals surface area contributed by atoms with Crippen molar-refractivity contribution in [3.05, 3.63) is 52.7 Å². The number of hydrogen-bond acceptors (Lipinski definition) is 3. The summed E-state index contributed by atoms with van der Waals surface area (Å²) in [6, 6.07) is 14.7. The highest BCUT2D eigenvalue weighted by molar-refractivity contribution is 7.09. The molecule has 0 unspecified atom stereocenters. The summed E-state index contributed by atoms with van der Waals surface area (Å²) in [4.78, 5) is 8.02. The van der Waals surface area contributed by atoms with Gasteiger partial charge in [-0.15, -0.1) is 11.3 Å². The highest BCUT2D eigenvalue weighted by atomic mass is 32.1. The molecule has 2 aromatic rings. The number of anilines is 1. The highest BCUT2D eigenvalue weighted by Gasteiger charge is 1.99. The molecular formula is C18H26N4S. The average Bonchev–Trinajstić information content (AvgIpc) is 3.08. The van der Waals surface area contributed by atoms with Crippen molar-refractivity contribution in [1.29, 1.82) is 0 Å². The molecule has 0 saturated heterocycles. The number of rotatable bonds is 9. The first-order chi connectivity index (χ1) is 11.3. The molecule has 0 aliphatic rings. The molecule has 0 atom stereocenters. The number of guanidine groups is 1. The average molecular weight is 331 g/mol. The third kappa shape index (κ3) is 6.74. The number of nitrogens with zero attached hydrogens (tertiary/aromatic N) is 2. The maximum atomic E-state index is 5.88. The Bertz CT molecular complexity index is 566. The number of nitrogens with two attached hydrogens (primary N) is 1. The fraction of sp³-hybridized carbons (Fsp3) is 0.389. The summed E-state index contributed by atoms with van der Waals surface area (Å²) in [5, 5.41) is 5.27. The van der Waals surface area contributed by atoms with Crippen molar-refractivity contribution in [2.24, 2.45) is 10.7 Å². The third-order valence-corrected chi connectivity index (χ3v) is 4.57. The van der Waals surface area contributed by atoms with E-state index >= 15 is 0 Å². The first kappa shape index (κ1) is 17.3. The number of hydrogen-bond donors (Lipinski definition) is 2. The lowest BCUT2D eigenvalue weighted by Gasteiger charge is -2.18. The van der Waals surface area contributed by atoms with Gasteiger partial charge < -0.3 is 16.0 Å². The van der Waals surface area contributed by atoms with Crippen LogP contribution in [0, 0.1) is 0 Å². The molecule has 0 aliphatic heterocycles. The molecule has 0 saturated carbocycles. The summed E-state index contributed by atoms with van der Waals surface area (Å²) in [5.41, 5.74) is 7.13. The van der Waals surface area contributed by atoms with Crippen molar-refractivity contribution in [1.82, 2.24) is 5.32 Å². The Morgan fingerprint density at radius 1 is 1.17 bits per heavy atom.